The number of methoxy groups -OCH3 is 1. The number of non-ortho nitro benzene ring substituents is 1. The lowest BCUT2D eigenvalue weighted by molar-refractivity contribution is -0.384. The van der Waals surface area contributed by atoms with Crippen LogP contribution in [0.4, 0.5) is 17.1 Å². The second-order valence-electron chi connectivity index (χ2n) is 6.01. The number of nitro benzene ring substituents is 1. The number of aliphatic hydroxyl groups is 1. The molecule has 0 aliphatic heterocycles. The third-order valence-electron chi connectivity index (χ3n) is 4.28. The van der Waals surface area contributed by atoms with Gasteiger partial charge >= 0.3 is 0 Å². The maximum Gasteiger partial charge on any atom is 0.271 e. The largest absolute Gasteiger partial charge is 0.497 e. The average Bonchev–Trinajstić information content (AvgIpc) is 2.72. The van der Waals surface area contributed by atoms with Gasteiger partial charge in [0.2, 0.25) is 0 Å². The summed E-state index contributed by atoms with van der Waals surface area (Å²) in [6, 6.07) is 23.0. The fraction of sp³-hybridized carbons (Fsp3) is 0.143. The van der Waals surface area contributed by atoms with E-state index in [0.717, 1.165) is 11.3 Å². The Morgan fingerprint density at radius 2 is 1.70 bits per heavy atom. The van der Waals surface area contributed by atoms with E-state index < -0.39 is 11.0 Å². The minimum Gasteiger partial charge on any atom is -0.497 e. The number of nitrogens with zero attached hydrogens (tertiary/aromatic N) is 2. The molecule has 3 aromatic carbocycles. The molecule has 6 nitrogen and oxygen atoms in total. The monoisotopic (exact) mass is 364 g/mol. The summed E-state index contributed by atoms with van der Waals surface area (Å²) in [5.41, 5.74) is 2.21. The zero-order valence-corrected chi connectivity index (χ0v) is 14.9. The van der Waals surface area contributed by atoms with Crippen LogP contribution < -0.4 is 9.64 Å². The van der Waals surface area contributed by atoms with Crippen molar-refractivity contribution in [1.29, 1.82) is 0 Å². The van der Waals surface area contributed by atoms with Gasteiger partial charge in [0.25, 0.3) is 5.69 Å². The molecule has 0 radical (unpaired) electrons. The minimum atomic E-state index is -0.757. The van der Waals surface area contributed by atoms with Gasteiger partial charge in [-0.2, -0.15) is 0 Å². The van der Waals surface area contributed by atoms with E-state index in [1.165, 1.54) is 12.1 Å². The highest BCUT2D eigenvalue weighted by atomic mass is 16.6. The summed E-state index contributed by atoms with van der Waals surface area (Å²) >= 11 is 0. The van der Waals surface area contributed by atoms with Gasteiger partial charge in [-0.05, 0) is 35.9 Å². The SMILES string of the molecule is COc1ccc(N(CC(O)c2ccccc2)c2cccc([N+](=O)[O-])c2)cc1. The van der Waals surface area contributed by atoms with Crippen LogP contribution in [0.1, 0.15) is 11.7 Å². The smallest absolute Gasteiger partial charge is 0.271 e. The highest BCUT2D eigenvalue weighted by molar-refractivity contribution is 5.66. The van der Waals surface area contributed by atoms with E-state index in [0.29, 0.717) is 11.4 Å². The predicted octanol–water partition coefficient (Wildman–Crippen LogP) is 4.48. The number of ether oxygens (including phenoxy) is 1. The zero-order chi connectivity index (χ0) is 19.2. The summed E-state index contributed by atoms with van der Waals surface area (Å²) in [7, 11) is 1.59. The Kier molecular flexibility index (Phi) is 5.68. The van der Waals surface area contributed by atoms with Gasteiger partial charge in [0.1, 0.15) is 5.75 Å². The van der Waals surface area contributed by atoms with Crippen LogP contribution in [0.2, 0.25) is 0 Å². The standard InChI is InChI=1S/C21H20N2O4/c1-27-20-12-10-17(11-13-20)22(15-21(24)16-6-3-2-4-7-16)18-8-5-9-19(14-18)23(25)26/h2-14,21,24H,15H2,1H3. The second kappa shape index (κ2) is 8.33. The molecule has 6 heteroatoms. The lowest BCUT2D eigenvalue weighted by Gasteiger charge is -2.27. The third kappa shape index (κ3) is 4.43. The van der Waals surface area contributed by atoms with Crippen LogP contribution in [0, 0.1) is 10.1 Å². The number of nitro groups is 1. The van der Waals surface area contributed by atoms with Gasteiger partial charge in [-0.15, -0.1) is 0 Å². The van der Waals surface area contributed by atoms with Crippen LogP contribution in [0.3, 0.4) is 0 Å². The molecule has 0 saturated heterocycles. The number of benzene rings is 3. The predicted molar refractivity (Wildman–Crippen MR) is 104 cm³/mol. The lowest BCUT2D eigenvalue weighted by Crippen LogP contribution is -2.24. The molecule has 0 aliphatic carbocycles. The van der Waals surface area contributed by atoms with Crippen molar-refractivity contribution in [2.75, 3.05) is 18.6 Å². The van der Waals surface area contributed by atoms with Crippen molar-refractivity contribution in [2.24, 2.45) is 0 Å². The fourth-order valence-electron chi connectivity index (χ4n) is 2.85. The van der Waals surface area contributed by atoms with E-state index in [9.17, 15) is 15.2 Å². The Morgan fingerprint density at radius 1 is 1.00 bits per heavy atom. The Morgan fingerprint density at radius 3 is 2.33 bits per heavy atom. The van der Waals surface area contributed by atoms with E-state index in [1.54, 1.807) is 19.2 Å². The van der Waals surface area contributed by atoms with E-state index >= 15 is 0 Å². The maximum atomic E-state index is 11.2. The van der Waals surface area contributed by atoms with Crippen LogP contribution in [-0.4, -0.2) is 23.7 Å². The first-order chi connectivity index (χ1) is 13.1. The van der Waals surface area contributed by atoms with E-state index in [1.807, 2.05) is 59.5 Å². The van der Waals surface area contributed by atoms with Gasteiger partial charge in [-0.1, -0.05) is 36.4 Å². The number of hydrogen-bond acceptors (Lipinski definition) is 5. The van der Waals surface area contributed by atoms with Crippen molar-refractivity contribution < 1.29 is 14.8 Å². The van der Waals surface area contributed by atoms with Crippen LogP contribution in [0.15, 0.2) is 78.9 Å². The molecule has 0 amide bonds. The molecule has 0 aromatic heterocycles. The molecule has 0 spiro atoms. The molecule has 1 N–H and O–H groups in total. The molecule has 138 valence electrons. The fourth-order valence-corrected chi connectivity index (χ4v) is 2.85. The second-order valence-corrected chi connectivity index (χ2v) is 6.01. The maximum absolute atomic E-state index is 11.2. The lowest BCUT2D eigenvalue weighted by atomic mass is 10.1. The first-order valence-corrected chi connectivity index (χ1v) is 8.47. The first kappa shape index (κ1) is 18.4. The summed E-state index contributed by atoms with van der Waals surface area (Å²) in [5.74, 6) is 0.710. The Bertz CT molecular complexity index is 898. The van der Waals surface area contributed by atoms with Crippen LogP contribution in [-0.2, 0) is 0 Å². The van der Waals surface area contributed by atoms with Crippen molar-refractivity contribution in [3.05, 3.63) is 94.5 Å². The van der Waals surface area contributed by atoms with Gasteiger partial charge in [0, 0.05) is 23.5 Å². The molecule has 0 aliphatic rings. The van der Waals surface area contributed by atoms with Crippen molar-refractivity contribution >= 4 is 17.1 Å². The van der Waals surface area contributed by atoms with Gasteiger partial charge in [-0.25, -0.2) is 0 Å². The summed E-state index contributed by atoms with van der Waals surface area (Å²) in [4.78, 5) is 12.6. The van der Waals surface area contributed by atoms with Crippen molar-refractivity contribution in [3.63, 3.8) is 0 Å². The minimum absolute atomic E-state index is 0.000197. The van der Waals surface area contributed by atoms with Gasteiger partial charge in [0.15, 0.2) is 0 Å². The van der Waals surface area contributed by atoms with Crippen molar-refractivity contribution in [2.45, 2.75) is 6.10 Å². The van der Waals surface area contributed by atoms with Crippen molar-refractivity contribution in [3.8, 4) is 5.75 Å². The average molecular weight is 364 g/mol. The van der Waals surface area contributed by atoms with Gasteiger partial charge in [-0.3, -0.25) is 10.1 Å². The first-order valence-electron chi connectivity index (χ1n) is 8.47. The van der Waals surface area contributed by atoms with E-state index in [2.05, 4.69) is 0 Å². The van der Waals surface area contributed by atoms with Crippen LogP contribution in [0.5, 0.6) is 5.75 Å². The molecule has 0 heterocycles. The topological polar surface area (TPSA) is 75.8 Å². The van der Waals surface area contributed by atoms with Gasteiger partial charge in [0.05, 0.1) is 24.7 Å². The number of aliphatic hydroxyl groups excluding tert-OH is 1. The summed E-state index contributed by atoms with van der Waals surface area (Å²) in [6.07, 6.45) is -0.757. The van der Waals surface area contributed by atoms with E-state index in [4.69, 9.17) is 4.74 Å². The molecule has 0 bridgehead atoms. The third-order valence-corrected chi connectivity index (χ3v) is 4.28. The normalized spacial score (nSPS) is 11.6. The molecular weight excluding hydrogens is 344 g/mol. The molecule has 0 fully saturated rings. The quantitative estimate of drug-likeness (QED) is 0.494. The summed E-state index contributed by atoms with van der Waals surface area (Å²) in [6.45, 7) is 0.248. The van der Waals surface area contributed by atoms with Crippen LogP contribution >= 0.6 is 0 Å². The molecule has 3 rings (SSSR count). The van der Waals surface area contributed by atoms with E-state index in [-0.39, 0.29) is 12.2 Å². The number of hydrogen-bond donors (Lipinski definition) is 1. The van der Waals surface area contributed by atoms with Crippen molar-refractivity contribution in [1.82, 2.24) is 0 Å². The Hall–Kier alpha value is -3.38. The Labute approximate surface area is 157 Å². The molecule has 1 atom stereocenters. The summed E-state index contributed by atoms with van der Waals surface area (Å²) in [5, 5.41) is 21.9. The zero-order valence-electron chi connectivity index (χ0n) is 14.9. The highest BCUT2D eigenvalue weighted by Crippen LogP contribution is 2.31. The molecule has 3 aromatic rings. The molecular formula is C21H20N2O4. The van der Waals surface area contributed by atoms with Crippen LogP contribution in [0.25, 0.3) is 0 Å². The molecule has 27 heavy (non-hydrogen) atoms. The highest BCUT2D eigenvalue weighted by Gasteiger charge is 2.18. The number of rotatable bonds is 7. The molecule has 1 unspecified atom stereocenters. The number of anilines is 2. The Balaban J connectivity index is 1.97. The van der Waals surface area contributed by atoms with Gasteiger partial charge < -0.3 is 14.7 Å². The molecule has 0 saturated carbocycles. The summed E-state index contributed by atoms with van der Waals surface area (Å²) < 4.78 is 5.20.